The second-order valence-corrected chi connectivity index (χ2v) is 24.6. The minimum absolute atomic E-state index is 0.0229. The van der Waals surface area contributed by atoms with E-state index in [-0.39, 0.29) is 33.5 Å². The molecule has 0 aliphatic heterocycles. The molecule has 0 N–H and O–H groups in total. The number of rotatable bonds is 6. The molecule has 0 bridgehead atoms. The molecule has 9 aromatic rings. The van der Waals surface area contributed by atoms with Gasteiger partial charge in [-0.3, -0.25) is 0 Å². The molecule has 0 aliphatic rings. The third-order valence-electron chi connectivity index (χ3n) is 14.7. The van der Waals surface area contributed by atoms with E-state index in [1.807, 2.05) is 24.3 Å². The van der Waals surface area contributed by atoms with Crippen LogP contribution in [-0.2, 0) is 21.7 Å². The summed E-state index contributed by atoms with van der Waals surface area (Å²) in [4.78, 5) is 0. The largest absolute Gasteiger partial charge is 0.309 e. The molecule has 4 heteroatoms. The number of hydrogen-bond donors (Lipinski definition) is 0. The quantitative estimate of drug-likeness (QED) is 0.167. The molecule has 0 saturated heterocycles. The van der Waals surface area contributed by atoms with Crippen LogP contribution in [0.25, 0.3) is 77.2 Å². The van der Waals surface area contributed by atoms with Gasteiger partial charge in [0.2, 0.25) is 0 Å². The maximum atomic E-state index is 10.6. The maximum absolute atomic E-state index is 10.6. The summed E-state index contributed by atoms with van der Waals surface area (Å²) in [6.07, 6.45) is 0. The third-order valence-corrected chi connectivity index (χ3v) is 14.7. The Balaban J connectivity index is 1.62. The first kappa shape index (κ1) is 48.2. The summed E-state index contributed by atoms with van der Waals surface area (Å²) >= 11 is 0. The lowest BCUT2D eigenvalue weighted by molar-refractivity contribution is 0.590. The van der Waals surface area contributed by atoms with Gasteiger partial charge in [-0.05, 0) is 151 Å². The molecule has 0 unspecified atom stereocenters. The minimum atomic E-state index is -0.0725. The highest BCUT2D eigenvalue weighted by Crippen LogP contribution is 2.53. The van der Waals surface area contributed by atoms with Gasteiger partial charge in [0, 0.05) is 32.7 Å². The van der Waals surface area contributed by atoms with E-state index >= 15 is 0 Å². The van der Waals surface area contributed by atoms with Gasteiger partial charge in [0.15, 0.2) is 0 Å². The Bertz CT molecular complexity index is 3420. The first-order valence-corrected chi connectivity index (χ1v) is 25.3. The monoisotopic (exact) mass is 919 g/mol. The van der Waals surface area contributed by atoms with E-state index in [0.29, 0.717) is 11.1 Å². The van der Waals surface area contributed by atoms with Gasteiger partial charge >= 0.3 is 0 Å². The van der Waals surface area contributed by atoms with Gasteiger partial charge in [0.05, 0.1) is 56.7 Å². The molecule has 2 aromatic heterocycles. The number of benzene rings is 7. The summed E-state index contributed by atoms with van der Waals surface area (Å²) in [7, 11) is 0. The van der Waals surface area contributed by atoms with Crippen LogP contribution in [0.4, 0.5) is 0 Å². The maximum Gasteiger partial charge on any atom is 0.0991 e. The fourth-order valence-corrected chi connectivity index (χ4v) is 10.8. The second kappa shape index (κ2) is 16.9. The molecule has 354 valence electrons. The highest BCUT2D eigenvalue weighted by atomic mass is 15.0. The Morgan fingerprint density at radius 3 is 0.914 bits per heavy atom. The smallest absolute Gasteiger partial charge is 0.0991 e. The molecule has 0 amide bonds. The Kier molecular flexibility index (Phi) is 11.6. The zero-order valence-electron chi connectivity index (χ0n) is 44.5. The first-order chi connectivity index (χ1) is 32.8. The Hall–Kier alpha value is -6.88. The molecule has 0 spiro atoms. The van der Waals surface area contributed by atoms with E-state index in [2.05, 4.69) is 229 Å². The van der Waals surface area contributed by atoms with Crippen molar-refractivity contribution in [3.8, 4) is 45.8 Å². The SMILES string of the molecule is CC(C)c1c(-c2cccc(C#N)c2)c(-n2c3ccc(C(C)(C)C)cc3c3cc(C(C)(C)C)ccc32)c(-c2cccc(C#N)c2)c(C(C)C)c1-n1c2ccc(C(C)(C)C)cc2c2cc(C(C)(C)C)ccc21. The molecule has 4 nitrogen and oxygen atoms in total. The number of fused-ring (bicyclic) bond motifs is 6. The number of nitrogens with zero attached hydrogens (tertiary/aromatic N) is 4. The normalized spacial score (nSPS) is 12.8. The molecule has 7 aromatic carbocycles. The van der Waals surface area contributed by atoms with Crippen molar-refractivity contribution in [2.75, 3.05) is 0 Å². The van der Waals surface area contributed by atoms with Crippen molar-refractivity contribution in [1.82, 2.24) is 9.13 Å². The Labute approximate surface area is 417 Å². The van der Waals surface area contributed by atoms with Crippen LogP contribution in [-0.4, -0.2) is 9.13 Å². The van der Waals surface area contributed by atoms with Crippen molar-refractivity contribution in [2.24, 2.45) is 0 Å². The second-order valence-electron chi connectivity index (χ2n) is 24.6. The van der Waals surface area contributed by atoms with E-state index < -0.39 is 0 Å². The number of nitriles is 2. The molecular formula is C66H70N4. The van der Waals surface area contributed by atoms with E-state index in [4.69, 9.17) is 0 Å². The van der Waals surface area contributed by atoms with Crippen LogP contribution in [0, 0.1) is 22.7 Å². The van der Waals surface area contributed by atoms with Gasteiger partial charge in [-0.2, -0.15) is 10.5 Å². The summed E-state index contributed by atoms with van der Waals surface area (Å²) in [6, 6.07) is 49.8. The van der Waals surface area contributed by atoms with Crippen LogP contribution in [0.15, 0.2) is 121 Å². The number of aromatic nitrogens is 2. The molecule has 2 heterocycles. The van der Waals surface area contributed by atoms with Crippen molar-refractivity contribution in [3.05, 3.63) is 166 Å². The lowest BCUT2D eigenvalue weighted by Gasteiger charge is -2.32. The highest BCUT2D eigenvalue weighted by Gasteiger charge is 2.34. The standard InChI is InChI=1S/C66H70N4/c1-39(2)57-59(43-21-17-19-41(31-43)37-67)62(70-55-29-25-47(65(11,12)13)35-51(55)52-36-48(66(14,15)16)26-30-56(52)70)60(44-22-18-20-42(32-44)38-68)58(40(3)4)61(57)69-53-27-23-45(63(5,6)7)33-49(53)50-34-46(64(8,9)10)24-28-54(50)69/h17-36,39-40H,1-16H3. The predicted octanol–water partition coefficient (Wildman–Crippen LogP) is 18.4. The molecule has 9 rings (SSSR count). The van der Waals surface area contributed by atoms with Crippen LogP contribution in [0.5, 0.6) is 0 Å². The molecule has 0 fully saturated rings. The van der Waals surface area contributed by atoms with E-state index in [9.17, 15) is 10.5 Å². The average molecular weight is 919 g/mol. The van der Waals surface area contributed by atoms with E-state index in [0.717, 1.165) is 55.7 Å². The number of hydrogen-bond acceptors (Lipinski definition) is 2. The molecule has 0 aliphatic carbocycles. The van der Waals surface area contributed by atoms with E-state index in [1.165, 1.54) is 54.9 Å². The van der Waals surface area contributed by atoms with Crippen LogP contribution < -0.4 is 0 Å². The van der Waals surface area contributed by atoms with Gasteiger partial charge < -0.3 is 9.13 Å². The lowest BCUT2D eigenvalue weighted by Crippen LogP contribution is -2.16. The van der Waals surface area contributed by atoms with Crippen molar-refractivity contribution >= 4 is 43.6 Å². The molecule has 70 heavy (non-hydrogen) atoms. The van der Waals surface area contributed by atoms with Crippen molar-refractivity contribution in [1.29, 1.82) is 10.5 Å². The topological polar surface area (TPSA) is 57.4 Å². The van der Waals surface area contributed by atoms with Crippen molar-refractivity contribution in [3.63, 3.8) is 0 Å². The Morgan fingerprint density at radius 2 is 0.657 bits per heavy atom. The molecule has 0 radical (unpaired) electrons. The van der Waals surface area contributed by atoms with Gasteiger partial charge in [0.1, 0.15) is 0 Å². The molecular weight excluding hydrogens is 849 g/mol. The zero-order valence-corrected chi connectivity index (χ0v) is 44.5. The minimum Gasteiger partial charge on any atom is -0.309 e. The summed E-state index contributed by atoms with van der Waals surface area (Å²) in [5.74, 6) is 0.0458. The fourth-order valence-electron chi connectivity index (χ4n) is 10.8. The zero-order chi connectivity index (χ0) is 50.6. The Morgan fingerprint density at radius 1 is 0.371 bits per heavy atom. The summed E-state index contributed by atoms with van der Waals surface area (Å²) in [6.45, 7) is 36.9. The van der Waals surface area contributed by atoms with Crippen LogP contribution in [0.2, 0.25) is 0 Å². The van der Waals surface area contributed by atoms with Crippen LogP contribution >= 0.6 is 0 Å². The predicted molar refractivity (Wildman–Crippen MR) is 298 cm³/mol. The molecule has 0 atom stereocenters. The van der Waals surface area contributed by atoms with Crippen molar-refractivity contribution < 1.29 is 0 Å². The van der Waals surface area contributed by atoms with E-state index in [1.54, 1.807) is 0 Å². The highest BCUT2D eigenvalue weighted by molar-refractivity contribution is 6.13. The van der Waals surface area contributed by atoms with Crippen LogP contribution in [0.1, 0.15) is 167 Å². The summed E-state index contributed by atoms with van der Waals surface area (Å²) in [5, 5.41) is 26.1. The first-order valence-electron chi connectivity index (χ1n) is 25.3. The average Bonchev–Trinajstić information content (AvgIpc) is 3.80. The third kappa shape index (κ3) is 8.10. The van der Waals surface area contributed by atoms with Crippen LogP contribution in [0.3, 0.4) is 0 Å². The van der Waals surface area contributed by atoms with Gasteiger partial charge in [-0.1, -0.05) is 159 Å². The van der Waals surface area contributed by atoms with Gasteiger partial charge in [-0.15, -0.1) is 0 Å². The summed E-state index contributed by atoms with van der Waals surface area (Å²) < 4.78 is 5.11. The van der Waals surface area contributed by atoms with Gasteiger partial charge in [-0.25, -0.2) is 0 Å². The molecule has 0 saturated carbocycles. The van der Waals surface area contributed by atoms with Crippen molar-refractivity contribution in [2.45, 2.75) is 144 Å². The summed E-state index contributed by atoms with van der Waals surface area (Å²) in [5.41, 5.74) is 19.4. The van der Waals surface area contributed by atoms with Gasteiger partial charge in [0.25, 0.3) is 0 Å². The lowest BCUT2D eigenvalue weighted by atomic mass is 9.79. The fraction of sp³-hybridized carbons (Fsp3) is 0.333.